The van der Waals surface area contributed by atoms with Gasteiger partial charge in [-0.2, -0.15) is 14.6 Å². The standard InChI is InChI=1S/C8H10N4O/c1-2-13-8-5-6(9)12-7(11-8)3-4-10-12/h3-5H,2,9H2,1H3. The van der Waals surface area contributed by atoms with E-state index in [1.165, 1.54) is 0 Å². The zero-order chi connectivity index (χ0) is 9.26. The van der Waals surface area contributed by atoms with Crippen LogP contribution in [0.15, 0.2) is 18.3 Å². The van der Waals surface area contributed by atoms with Gasteiger partial charge in [-0.3, -0.25) is 0 Å². The summed E-state index contributed by atoms with van der Waals surface area (Å²) in [5.41, 5.74) is 6.41. The first-order chi connectivity index (χ1) is 6.31. The van der Waals surface area contributed by atoms with Crippen molar-refractivity contribution in [3.63, 3.8) is 0 Å². The van der Waals surface area contributed by atoms with Gasteiger partial charge < -0.3 is 10.5 Å². The smallest absolute Gasteiger partial charge is 0.218 e. The summed E-state index contributed by atoms with van der Waals surface area (Å²) in [6, 6.07) is 3.43. The number of hydrogen-bond acceptors (Lipinski definition) is 4. The zero-order valence-corrected chi connectivity index (χ0v) is 7.27. The number of anilines is 1. The molecular weight excluding hydrogens is 168 g/mol. The molecule has 0 amide bonds. The second-order valence-electron chi connectivity index (χ2n) is 2.55. The van der Waals surface area contributed by atoms with Crippen molar-refractivity contribution in [2.24, 2.45) is 0 Å². The fourth-order valence-corrected chi connectivity index (χ4v) is 1.13. The number of aromatic nitrogens is 3. The Morgan fingerprint density at radius 2 is 2.46 bits per heavy atom. The van der Waals surface area contributed by atoms with Gasteiger partial charge >= 0.3 is 0 Å². The average molecular weight is 178 g/mol. The fraction of sp³-hybridized carbons (Fsp3) is 0.250. The number of rotatable bonds is 2. The highest BCUT2D eigenvalue weighted by Gasteiger charge is 2.02. The minimum atomic E-state index is 0.526. The summed E-state index contributed by atoms with van der Waals surface area (Å²) in [6.07, 6.45) is 1.65. The lowest BCUT2D eigenvalue weighted by Crippen LogP contribution is -2.02. The zero-order valence-electron chi connectivity index (χ0n) is 7.27. The van der Waals surface area contributed by atoms with Crippen molar-refractivity contribution in [3.05, 3.63) is 18.3 Å². The lowest BCUT2D eigenvalue weighted by atomic mass is 10.5. The Labute approximate surface area is 75.1 Å². The lowest BCUT2D eigenvalue weighted by Gasteiger charge is -2.03. The van der Waals surface area contributed by atoms with Crippen molar-refractivity contribution in [2.75, 3.05) is 12.3 Å². The SMILES string of the molecule is CCOc1cc(N)n2nccc2n1. The minimum absolute atomic E-state index is 0.526. The highest BCUT2D eigenvalue weighted by atomic mass is 16.5. The fourth-order valence-electron chi connectivity index (χ4n) is 1.13. The molecule has 0 aliphatic rings. The van der Waals surface area contributed by atoms with Gasteiger partial charge in [0.1, 0.15) is 5.82 Å². The van der Waals surface area contributed by atoms with Crippen LogP contribution in [0.5, 0.6) is 5.88 Å². The molecule has 0 radical (unpaired) electrons. The van der Waals surface area contributed by atoms with Crippen molar-refractivity contribution >= 4 is 11.5 Å². The van der Waals surface area contributed by atoms with Crippen LogP contribution in [0.3, 0.4) is 0 Å². The molecule has 68 valence electrons. The van der Waals surface area contributed by atoms with Gasteiger partial charge in [0.15, 0.2) is 5.65 Å². The third-order valence-electron chi connectivity index (χ3n) is 1.66. The topological polar surface area (TPSA) is 65.4 Å². The first-order valence-electron chi connectivity index (χ1n) is 4.04. The van der Waals surface area contributed by atoms with Gasteiger partial charge in [-0.25, -0.2) is 0 Å². The molecule has 0 spiro atoms. The molecular formula is C8H10N4O. The predicted octanol–water partition coefficient (Wildman–Crippen LogP) is 0.710. The van der Waals surface area contributed by atoms with E-state index in [0.29, 0.717) is 24.0 Å². The maximum atomic E-state index is 5.71. The quantitative estimate of drug-likeness (QED) is 0.735. The van der Waals surface area contributed by atoms with E-state index in [2.05, 4.69) is 10.1 Å². The van der Waals surface area contributed by atoms with E-state index >= 15 is 0 Å². The van der Waals surface area contributed by atoms with Gasteiger partial charge in [0.2, 0.25) is 5.88 Å². The van der Waals surface area contributed by atoms with E-state index in [9.17, 15) is 0 Å². The molecule has 2 aromatic heterocycles. The maximum Gasteiger partial charge on any atom is 0.218 e. The lowest BCUT2D eigenvalue weighted by molar-refractivity contribution is 0.327. The number of nitrogens with two attached hydrogens (primary N) is 1. The van der Waals surface area contributed by atoms with E-state index in [1.807, 2.05) is 6.92 Å². The summed E-state index contributed by atoms with van der Waals surface area (Å²) in [4.78, 5) is 4.18. The highest BCUT2D eigenvalue weighted by molar-refractivity contribution is 5.48. The molecule has 0 atom stereocenters. The highest BCUT2D eigenvalue weighted by Crippen LogP contribution is 2.14. The summed E-state index contributed by atoms with van der Waals surface area (Å²) in [6.45, 7) is 2.48. The van der Waals surface area contributed by atoms with Crippen LogP contribution >= 0.6 is 0 Å². The summed E-state index contributed by atoms with van der Waals surface area (Å²) < 4.78 is 6.79. The molecule has 0 bridgehead atoms. The van der Waals surface area contributed by atoms with Crippen LogP contribution in [0.2, 0.25) is 0 Å². The third-order valence-corrected chi connectivity index (χ3v) is 1.66. The normalized spacial score (nSPS) is 10.5. The summed E-state index contributed by atoms with van der Waals surface area (Å²) in [7, 11) is 0. The molecule has 2 rings (SSSR count). The molecule has 0 fully saturated rings. The molecule has 0 unspecified atom stereocenters. The van der Waals surface area contributed by atoms with E-state index in [0.717, 1.165) is 0 Å². The molecule has 2 aromatic rings. The van der Waals surface area contributed by atoms with Crippen LogP contribution in [0.25, 0.3) is 5.65 Å². The monoisotopic (exact) mass is 178 g/mol. The summed E-state index contributed by atoms with van der Waals surface area (Å²) in [5, 5.41) is 3.99. The van der Waals surface area contributed by atoms with Crippen molar-refractivity contribution in [2.45, 2.75) is 6.92 Å². The largest absolute Gasteiger partial charge is 0.478 e. The average Bonchev–Trinajstić information content (AvgIpc) is 2.53. The Kier molecular flexibility index (Phi) is 1.77. The Bertz CT molecular complexity index is 423. The molecule has 0 saturated carbocycles. The van der Waals surface area contributed by atoms with Gasteiger partial charge in [0.05, 0.1) is 12.8 Å². The van der Waals surface area contributed by atoms with Crippen LogP contribution in [-0.4, -0.2) is 21.2 Å². The molecule has 13 heavy (non-hydrogen) atoms. The number of ether oxygens (including phenoxy) is 1. The third kappa shape index (κ3) is 1.28. The van der Waals surface area contributed by atoms with Crippen LogP contribution < -0.4 is 10.5 Å². The number of nitrogens with zero attached hydrogens (tertiary/aromatic N) is 3. The van der Waals surface area contributed by atoms with Crippen molar-refractivity contribution < 1.29 is 4.74 Å². The second kappa shape index (κ2) is 2.93. The van der Waals surface area contributed by atoms with Crippen LogP contribution in [-0.2, 0) is 0 Å². The van der Waals surface area contributed by atoms with E-state index in [-0.39, 0.29) is 0 Å². The molecule has 2 N–H and O–H groups in total. The van der Waals surface area contributed by atoms with E-state index in [1.54, 1.807) is 22.8 Å². The van der Waals surface area contributed by atoms with E-state index < -0.39 is 0 Å². The molecule has 0 saturated heterocycles. The van der Waals surface area contributed by atoms with Crippen LogP contribution in [0, 0.1) is 0 Å². The molecule has 5 heteroatoms. The first kappa shape index (κ1) is 7.85. The van der Waals surface area contributed by atoms with Crippen molar-refractivity contribution in [3.8, 4) is 5.88 Å². The minimum Gasteiger partial charge on any atom is -0.478 e. The van der Waals surface area contributed by atoms with Gasteiger partial charge in [-0.15, -0.1) is 0 Å². The number of fused-ring (bicyclic) bond motifs is 1. The van der Waals surface area contributed by atoms with Crippen LogP contribution in [0.4, 0.5) is 5.82 Å². The molecule has 2 heterocycles. The van der Waals surface area contributed by atoms with Crippen molar-refractivity contribution in [1.29, 1.82) is 0 Å². The van der Waals surface area contributed by atoms with Gasteiger partial charge in [0, 0.05) is 12.1 Å². The van der Waals surface area contributed by atoms with Crippen molar-refractivity contribution in [1.82, 2.24) is 14.6 Å². The Balaban J connectivity index is 2.56. The van der Waals surface area contributed by atoms with Gasteiger partial charge in [0.25, 0.3) is 0 Å². The molecule has 0 aliphatic carbocycles. The molecule has 0 aromatic carbocycles. The maximum absolute atomic E-state index is 5.71. The summed E-state index contributed by atoms with van der Waals surface area (Å²) in [5.74, 6) is 1.06. The van der Waals surface area contributed by atoms with E-state index in [4.69, 9.17) is 10.5 Å². The number of nitrogen functional groups attached to an aromatic ring is 1. The van der Waals surface area contributed by atoms with Gasteiger partial charge in [-0.05, 0) is 6.92 Å². The summed E-state index contributed by atoms with van der Waals surface area (Å²) >= 11 is 0. The number of hydrogen-bond donors (Lipinski definition) is 1. The Hall–Kier alpha value is -1.78. The molecule has 0 aliphatic heterocycles. The predicted molar refractivity (Wildman–Crippen MR) is 48.6 cm³/mol. The first-order valence-corrected chi connectivity index (χ1v) is 4.04. The molecule has 5 nitrogen and oxygen atoms in total. The van der Waals surface area contributed by atoms with Gasteiger partial charge in [-0.1, -0.05) is 0 Å². The Morgan fingerprint density at radius 1 is 1.62 bits per heavy atom. The van der Waals surface area contributed by atoms with Crippen LogP contribution in [0.1, 0.15) is 6.92 Å². The Morgan fingerprint density at radius 3 is 3.23 bits per heavy atom. The second-order valence-corrected chi connectivity index (χ2v) is 2.55.